The number of aryl methyl sites for hydroxylation is 1. The van der Waals surface area contributed by atoms with Crippen LogP contribution < -0.4 is 10.6 Å². The van der Waals surface area contributed by atoms with E-state index < -0.39 is 0 Å². The highest BCUT2D eigenvalue weighted by Gasteiger charge is 2.22. The van der Waals surface area contributed by atoms with Crippen LogP contribution in [0, 0.1) is 11.3 Å². The third kappa shape index (κ3) is 6.72. The molecular formula is C29H45N5. The lowest BCUT2D eigenvalue weighted by Gasteiger charge is -2.28. The molecule has 0 fully saturated rings. The number of unbranched alkanes of at least 4 members (excludes halogenated alkanes) is 2. The van der Waals surface area contributed by atoms with Gasteiger partial charge >= 0.3 is 0 Å². The molecule has 0 amide bonds. The zero-order valence-electron chi connectivity index (χ0n) is 22.4. The Hall–Kier alpha value is -2.61. The van der Waals surface area contributed by atoms with Crippen LogP contribution in [0.5, 0.6) is 0 Å². The molecule has 0 radical (unpaired) electrons. The maximum atomic E-state index is 9.99. The van der Waals surface area contributed by atoms with E-state index in [1.165, 1.54) is 30.4 Å². The predicted octanol–water partition coefficient (Wildman–Crippen LogP) is 6.96. The summed E-state index contributed by atoms with van der Waals surface area (Å²) in [6.07, 6.45) is 9.11. The second-order valence-electron chi connectivity index (χ2n) is 9.38. The van der Waals surface area contributed by atoms with Crippen LogP contribution in [0.15, 0.2) is 12.1 Å². The number of hydrogen-bond donors (Lipinski definition) is 1. The zero-order chi connectivity index (χ0) is 25.1. The Labute approximate surface area is 207 Å². The van der Waals surface area contributed by atoms with Crippen LogP contribution in [0.1, 0.15) is 120 Å². The summed E-state index contributed by atoms with van der Waals surface area (Å²) >= 11 is 0. The van der Waals surface area contributed by atoms with Crippen molar-refractivity contribution in [1.29, 1.82) is 5.26 Å². The number of nitrogen functional groups attached to an aromatic ring is 1. The lowest BCUT2D eigenvalue weighted by atomic mass is 9.87. The molecule has 0 aliphatic heterocycles. The van der Waals surface area contributed by atoms with Crippen molar-refractivity contribution in [3.8, 4) is 6.07 Å². The molecule has 0 bridgehead atoms. The summed E-state index contributed by atoms with van der Waals surface area (Å²) < 4.78 is 0. The molecule has 0 spiro atoms. The number of anilines is 2. The van der Waals surface area contributed by atoms with Gasteiger partial charge in [0.1, 0.15) is 17.7 Å². The lowest BCUT2D eigenvalue weighted by Crippen LogP contribution is -2.29. The molecule has 0 aliphatic carbocycles. The van der Waals surface area contributed by atoms with Crippen molar-refractivity contribution in [3.05, 3.63) is 45.9 Å². The van der Waals surface area contributed by atoms with Gasteiger partial charge in [0.2, 0.25) is 0 Å². The van der Waals surface area contributed by atoms with Crippen LogP contribution in [-0.4, -0.2) is 23.1 Å². The molecule has 5 heteroatoms. The summed E-state index contributed by atoms with van der Waals surface area (Å²) in [5.74, 6) is 2.35. The van der Waals surface area contributed by atoms with Crippen molar-refractivity contribution in [2.75, 3.05) is 23.7 Å². The fourth-order valence-corrected chi connectivity index (χ4v) is 4.64. The Morgan fingerprint density at radius 1 is 0.971 bits per heavy atom. The fraction of sp³-hybridized carbons (Fsp3) is 0.621. The first-order valence-electron chi connectivity index (χ1n) is 13.4. The van der Waals surface area contributed by atoms with Gasteiger partial charge in [-0.05, 0) is 48.8 Å². The van der Waals surface area contributed by atoms with Gasteiger partial charge in [0.15, 0.2) is 0 Å². The van der Waals surface area contributed by atoms with Crippen molar-refractivity contribution in [1.82, 2.24) is 9.97 Å². The van der Waals surface area contributed by atoms with Gasteiger partial charge in [-0.1, -0.05) is 66.9 Å². The van der Waals surface area contributed by atoms with Crippen LogP contribution in [0.3, 0.4) is 0 Å². The minimum Gasteiger partial charge on any atom is -0.398 e. The van der Waals surface area contributed by atoms with E-state index in [-0.39, 0.29) is 0 Å². The van der Waals surface area contributed by atoms with Gasteiger partial charge < -0.3 is 10.6 Å². The van der Waals surface area contributed by atoms with E-state index in [1.807, 2.05) is 6.07 Å². The van der Waals surface area contributed by atoms with Crippen molar-refractivity contribution < 1.29 is 0 Å². The molecule has 1 aromatic carbocycles. The number of nitrogens with two attached hydrogens (primary N) is 1. The first-order chi connectivity index (χ1) is 16.4. The average molecular weight is 464 g/mol. The highest BCUT2D eigenvalue weighted by atomic mass is 15.2. The van der Waals surface area contributed by atoms with Gasteiger partial charge in [-0.15, -0.1) is 0 Å². The molecule has 0 aliphatic rings. The number of aromatic nitrogens is 2. The van der Waals surface area contributed by atoms with Gasteiger partial charge in [-0.2, -0.15) is 5.26 Å². The van der Waals surface area contributed by atoms with E-state index in [4.69, 9.17) is 15.7 Å². The number of nitrogens with zero attached hydrogens (tertiary/aromatic N) is 4. The van der Waals surface area contributed by atoms with Crippen LogP contribution in [0.2, 0.25) is 0 Å². The Bertz CT molecular complexity index is 960. The molecule has 1 atom stereocenters. The van der Waals surface area contributed by atoms with Gasteiger partial charge in [-0.25, -0.2) is 9.97 Å². The minimum absolute atomic E-state index is 0.356. The molecule has 1 heterocycles. The second-order valence-corrected chi connectivity index (χ2v) is 9.38. The second kappa shape index (κ2) is 13.9. The number of hydrogen-bond acceptors (Lipinski definition) is 5. The number of rotatable bonds is 14. The van der Waals surface area contributed by atoms with Crippen molar-refractivity contribution >= 4 is 11.5 Å². The fourth-order valence-electron chi connectivity index (χ4n) is 4.64. The summed E-state index contributed by atoms with van der Waals surface area (Å²) in [6, 6.07) is 6.39. The molecule has 34 heavy (non-hydrogen) atoms. The first kappa shape index (κ1) is 27.6. The third-order valence-corrected chi connectivity index (χ3v) is 6.74. The Morgan fingerprint density at radius 3 is 2.32 bits per heavy atom. The minimum atomic E-state index is 0.356. The van der Waals surface area contributed by atoms with Crippen LogP contribution in [0.25, 0.3) is 0 Å². The predicted molar refractivity (Wildman–Crippen MR) is 145 cm³/mol. The highest BCUT2D eigenvalue weighted by Crippen LogP contribution is 2.33. The summed E-state index contributed by atoms with van der Waals surface area (Å²) in [6.45, 7) is 15.3. The first-order valence-corrected chi connectivity index (χ1v) is 13.4. The summed E-state index contributed by atoms with van der Waals surface area (Å²) in [7, 11) is 0. The Morgan fingerprint density at radius 2 is 1.74 bits per heavy atom. The number of benzene rings is 1. The largest absolute Gasteiger partial charge is 0.398 e. The van der Waals surface area contributed by atoms with E-state index in [2.05, 4.69) is 58.6 Å². The standard InChI is InChI=1S/C29H45N5/c1-7-12-13-18-34(17-9-3)29-23(14-8-2)27(32-28(11-5)33-29)19-24-22(21(6)10-4)15-16-26(31)25(24)20-30/h15-16,21H,7-14,17-19,31H2,1-6H3/t21-/m0/s1. The van der Waals surface area contributed by atoms with Crippen molar-refractivity contribution in [2.45, 2.75) is 105 Å². The zero-order valence-corrected chi connectivity index (χ0v) is 22.4. The molecule has 1 aromatic heterocycles. The maximum absolute atomic E-state index is 9.99. The monoisotopic (exact) mass is 463 g/mol. The van der Waals surface area contributed by atoms with Crippen LogP contribution >= 0.6 is 0 Å². The van der Waals surface area contributed by atoms with Gasteiger partial charge in [0, 0.05) is 37.2 Å². The highest BCUT2D eigenvalue weighted by molar-refractivity contribution is 5.62. The van der Waals surface area contributed by atoms with Crippen LogP contribution in [0.4, 0.5) is 11.5 Å². The SMILES string of the molecule is CCCCCN(CCC)c1nc(CC)nc(Cc2c([C@@H](C)CC)ccc(N)c2C#N)c1CCC. The van der Waals surface area contributed by atoms with E-state index in [0.717, 1.165) is 68.1 Å². The molecular weight excluding hydrogens is 418 g/mol. The molecule has 0 saturated heterocycles. The molecule has 186 valence electrons. The Kier molecular flexibility index (Phi) is 11.3. The molecule has 0 saturated carbocycles. The summed E-state index contributed by atoms with van der Waals surface area (Å²) in [5, 5.41) is 9.99. The van der Waals surface area contributed by atoms with Crippen LogP contribution in [-0.2, 0) is 19.3 Å². The van der Waals surface area contributed by atoms with Gasteiger partial charge in [0.05, 0.1) is 11.3 Å². The van der Waals surface area contributed by atoms with Gasteiger partial charge in [-0.3, -0.25) is 0 Å². The smallest absolute Gasteiger partial charge is 0.135 e. The molecule has 2 rings (SSSR count). The van der Waals surface area contributed by atoms with E-state index in [9.17, 15) is 5.26 Å². The summed E-state index contributed by atoms with van der Waals surface area (Å²) in [5.41, 5.74) is 12.0. The maximum Gasteiger partial charge on any atom is 0.135 e. The van der Waals surface area contributed by atoms with Crippen molar-refractivity contribution in [3.63, 3.8) is 0 Å². The van der Waals surface area contributed by atoms with E-state index in [1.54, 1.807) is 0 Å². The molecule has 5 nitrogen and oxygen atoms in total. The van der Waals surface area contributed by atoms with E-state index >= 15 is 0 Å². The average Bonchev–Trinajstić information content (AvgIpc) is 2.84. The lowest BCUT2D eigenvalue weighted by molar-refractivity contribution is 0.654. The normalized spacial score (nSPS) is 11.9. The topological polar surface area (TPSA) is 78.8 Å². The Balaban J connectivity index is 2.69. The summed E-state index contributed by atoms with van der Waals surface area (Å²) in [4.78, 5) is 12.6. The quantitative estimate of drug-likeness (QED) is 0.242. The molecule has 0 unspecified atom stereocenters. The van der Waals surface area contributed by atoms with Crippen molar-refractivity contribution in [2.24, 2.45) is 0 Å². The molecule has 2 aromatic rings. The van der Waals surface area contributed by atoms with E-state index in [0.29, 0.717) is 23.6 Å². The third-order valence-electron chi connectivity index (χ3n) is 6.74. The number of nitriles is 1. The molecule has 2 N–H and O–H groups in total. The van der Waals surface area contributed by atoms with Gasteiger partial charge in [0.25, 0.3) is 0 Å².